The van der Waals surface area contributed by atoms with E-state index in [1.165, 1.54) is 5.56 Å². The van der Waals surface area contributed by atoms with Crippen molar-refractivity contribution in [3.8, 4) is 0 Å². The Morgan fingerprint density at radius 2 is 1.86 bits per heavy atom. The number of hydrogen-bond donors (Lipinski definition) is 2. The minimum absolute atomic E-state index is 0.0175. The quantitative estimate of drug-likeness (QED) is 0.797. The van der Waals surface area contributed by atoms with E-state index in [1.807, 2.05) is 50.4 Å². The van der Waals surface area contributed by atoms with Gasteiger partial charge in [-0.25, -0.2) is 0 Å². The van der Waals surface area contributed by atoms with E-state index < -0.39 is 0 Å². The molecule has 2 aromatic rings. The molecule has 0 bridgehead atoms. The van der Waals surface area contributed by atoms with Crippen LogP contribution in [0.15, 0.2) is 48.5 Å². The molecule has 21 heavy (non-hydrogen) atoms. The van der Waals surface area contributed by atoms with Crippen LogP contribution in [0.1, 0.15) is 27.9 Å². The highest BCUT2D eigenvalue weighted by molar-refractivity contribution is 5.99. The Hall–Kier alpha value is -2.29. The molecule has 0 unspecified atom stereocenters. The zero-order chi connectivity index (χ0) is 15.1. The summed E-state index contributed by atoms with van der Waals surface area (Å²) in [4.78, 5) is 12.2. The van der Waals surface area contributed by atoms with Gasteiger partial charge in [0.1, 0.15) is 0 Å². The molecule has 0 aliphatic rings. The van der Waals surface area contributed by atoms with Crippen LogP contribution in [0.4, 0.5) is 5.69 Å². The third kappa shape index (κ3) is 4.35. The lowest BCUT2D eigenvalue weighted by molar-refractivity contribution is 0.0954. The van der Waals surface area contributed by atoms with E-state index in [9.17, 15) is 4.79 Å². The van der Waals surface area contributed by atoms with Gasteiger partial charge in [0.15, 0.2) is 0 Å². The zero-order valence-corrected chi connectivity index (χ0v) is 12.6. The number of anilines is 1. The van der Waals surface area contributed by atoms with Gasteiger partial charge in [0.2, 0.25) is 0 Å². The molecule has 0 saturated heterocycles. The first-order valence-corrected chi connectivity index (χ1v) is 7.31. The molecule has 3 heteroatoms. The summed E-state index contributed by atoms with van der Waals surface area (Å²) in [7, 11) is 1.83. The van der Waals surface area contributed by atoms with Gasteiger partial charge in [-0.05, 0) is 37.5 Å². The second kappa shape index (κ2) is 7.48. The first-order valence-electron chi connectivity index (χ1n) is 7.31. The van der Waals surface area contributed by atoms with E-state index in [1.54, 1.807) is 0 Å². The van der Waals surface area contributed by atoms with Crippen LogP contribution in [-0.2, 0) is 6.42 Å². The molecule has 2 aromatic carbocycles. The predicted molar refractivity (Wildman–Crippen MR) is 87.8 cm³/mol. The fraction of sp³-hybridized carbons (Fsp3) is 0.278. The molecule has 0 aromatic heterocycles. The Bertz CT molecular complexity index is 593. The van der Waals surface area contributed by atoms with Gasteiger partial charge in [-0.15, -0.1) is 0 Å². The second-order valence-electron chi connectivity index (χ2n) is 5.14. The Kier molecular flexibility index (Phi) is 5.38. The van der Waals surface area contributed by atoms with Crippen molar-refractivity contribution < 1.29 is 4.79 Å². The Morgan fingerprint density at radius 1 is 1.10 bits per heavy atom. The molecule has 2 N–H and O–H groups in total. The molecule has 0 spiro atoms. The number of benzene rings is 2. The smallest absolute Gasteiger partial charge is 0.253 e. The first-order chi connectivity index (χ1) is 10.2. The Morgan fingerprint density at radius 3 is 2.57 bits per heavy atom. The molecule has 0 radical (unpaired) electrons. The number of rotatable bonds is 6. The maximum Gasteiger partial charge on any atom is 0.253 e. The molecule has 0 saturated carbocycles. The molecular formula is C18H22N2O. The Balaban J connectivity index is 1.86. The molecule has 0 aliphatic heterocycles. The summed E-state index contributed by atoms with van der Waals surface area (Å²) in [6, 6.07) is 16.2. The summed E-state index contributed by atoms with van der Waals surface area (Å²) >= 11 is 0. The van der Waals surface area contributed by atoms with Gasteiger partial charge in [-0.3, -0.25) is 4.79 Å². The summed E-state index contributed by atoms with van der Waals surface area (Å²) in [6.45, 7) is 2.68. The second-order valence-corrected chi connectivity index (χ2v) is 5.14. The van der Waals surface area contributed by atoms with Crippen LogP contribution in [0.5, 0.6) is 0 Å². The summed E-state index contributed by atoms with van der Waals surface area (Å²) in [6.07, 6.45) is 1.92. The summed E-state index contributed by atoms with van der Waals surface area (Å²) in [5.41, 5.74) is 3.96. The molecular weight excluding hydrogens is 260 g/mol. The minimum Gasteiger partial charge on any atom is -0.387 e. The van der Waals surface area contributed by atoms with Crippen LogP contribution < -0.4 is 10.6 Å². The SMILES string of the molecule is CNc1ccc(C)cc1C(=O)NCCCc1ccccc1. The Labute approximate surface area is 126 Å². The highest BCUT2D eigenvalue weighted by Gasteiger charge is 2.10. The molecule has 1 amide bonds. The lowest BCUT2D eigenvalue weighted by Crippen LogP contribution is -2.25. The first kappa shape index (κ1) is 15.1. The largest absolute Gasteiger partial charge is 0.387 e. The third-order valence-corrected chi connectivity index (χ3v) is 3.46. The van der Waals surface area contributed by atoms with Gasteiger partial charge in [0.05, 0.1) is 5.56 Å². The normalized spacial score (nSPS) is 10.2. The van der Waals surface area contributed by atoms with Gasteiger partial charge in [0, 0.05) is 19.3 Å². The van der Waals surface area contributed by atoms with Crippen LogP contribution >= 0.6 is 0 Å². The number of nitrogens with one attached hydrogen (secondary N) is 2. The van der Waals surface area contributed by atoms with E-state index in [2.05, 4.69) is 22.8 Å². The van der Waals surface area contributed by atoms with Gasteiger partial charge in [-0.1, -0.05) is 42.0 Å². The fourth-order valence-electron chi connectivity index (χ4n) is 2.30. The highest BCUT2D eigenvalue weighted by atomic mass is 16.1. The summed E-state index contributed by atoms with van der Waals surface area (Å²) in [5.74, 6) is -0.0175. The van der Waals surface area contributed by atoms with E-state index in [0.29, 0.717) is 12.1 Å². The van der Waals surface area contributed by atoms with Gasteiger partial charge >= 0.3 is 0 Å². The van der Waals surface area contributed by atoms with E-state index >= 15 is 0 Å². The number of carbonyl (C=O) groups is 1. The molecule has 110 valence electrons. The van der Waals surface area contributed by atoms with E-state index in [-0.39, 0.29) is 5.91 Å². The van der Waals surface area contributed by atoms with Crippen molar-refractivity contribution in [3.63, 3.8) is 0 Å². The maximum absolute atomic E-state index is 12.2. The molecule has 0 fully saturated rings. The maximum atomic E-state index is 12.2. The number of aryl methyl sites for hydroxylation is 2. The summed E-state index contributed by atoms with van der Waals surface area (Å²) < 4.78 is 0. The lowest BCUT2D eigenvalue weighted by Gasteiger charge is -2.11. The van der Waals surface area contributed by atoms with Crippen LogP contribution in [-0.4, -0.2) is 19.5 Å². The van der Waals surface area contributed by atoms with Crippen molar-refractivity contribution in [3.05, 3.63) is 65.2 Å². The van der Waals surface area contributed by atoms with Crippen molar-refractivity contribution in [2.24, 2.45) is 0 Å². The highest BCUT2D eigenvalue weighted by Crippen LogP contribution is 2.16. The fourth-order valence-corrected chi connectivity index (χ4v) is 2.30. The van der Waals surface area contributed by atoms with Crippen molar-refractivity contribution >= 4 is 11.6 Å². The van der Waals surface area contributed by atoms with Crippen molar-refractivity contribution in [1.82, 2.24) is 5.32 Å². The number of amides is 1. The average Bonchev–Trinajstić information content (AvgIpc) is 2.52. The van der Waals surface area contributed by atoms with Crippen molar-refractivity contribution in [1.29, 1.82) is 0 Å². The zero-order valence-electron chi connectivity index (χ0n) is 12.6. The molecule has 0 atom stereocenters. The van der Waals surface area contributed by atoms with Crippen molar-refractivity contribution in [2.45, 2.75) is 19.8 Å². The van der Waals surface area contributed by atoms with Crippen LogP contribution in [0.2, 0.25) is 0 Å². The molecule has 0 aliphatic carbocycles. The topological polar surface area (TPSA) is 41.1 Å². The van der Waals surface area contributed by atoms with Crippen LogP contribution in [0.3, 0.4) is 0 Å². The third-order valence-electron chi connectivity index (χ3n) is 3.46. The number of hydrogen-bond acceptors (Lipinski definition) is 2. The number of carbonyl (C=O) groups excluding carboxylic acids is 1. The van der Waals surface area contributed by atoms with E-state index in [4.69, 9.17) is 0 Å². The van der Waals surface area contributed by atoms with E-state index in [0.717, 1.165) is 24.1 Å². The molecule has 3 nitrogen and oxygen atoms in total. The standard InChI is InChI=1S/C18H22N2O/c1-14-10-11-17(19-2)16(13-14)18(21)20-12-6-9-15-7-4-3-5-8-15/h3-5,7-8,10-11,13,19H,6,9,12H2,1-2H3,(H,20,21). The predicted octanol–water partition coefficient (Wildman–Crippen LogP) is 3.40. The molecule has 2 rings (SSSR count). The van der Waals surface area contributed by atoms with Crippen LogP contribution in [0, 0.1) is 6.92 Å². The monoisotopic (exact) mass is 282 g/mol. The minimum atomic E-state index is -0.0175. The van der Waals surface area contributed by atoms with Crippen LogP contribution in [0.25, 0.3) is 0 Å². The summed E-state index contributed by atoms with van der Waals surface area (Å²) in [5, 5.41) is 6.05. The van der Waals surface area contributed by atoms with Crippen molar-refractivity contribution in [2.75, 3.05) is 18.9 Å². The van der Waals surface area contributed by atoms with Gasteiger partial charge in [0.25, 0.3) is 5.91 Å². The van der Waals surface area contributed by atoms with Gasteiger partial charge < -0.3 is 10.6 Å². The lowest BCUT2D eigenvalue weighted by atomic mass is 10.1. The molecule has 0 heterocycles. The average molecular weight is 282 g/mol. The van der Waals surface area contributed by atoms with Gasteiger partial charge in [-0.2, -0.15) is 0 Å².